The van der Waals surface area contributed by atoms with Crippen molar-refractivity contribution >= 4 is 0 Å². The first-order chi connectivity index (χ1) is 5.75. The molecule has 1 aliphatic heterocycles. The van der Waals surface area contributed by atoms with Gasteiger partial charge in [0.2, 0.25) is 0 Å². The number of hydrogen-bond donors (Lipinski definition) is 1. The Morgan fingerprint density at radius 3 is 2.83 bits per heavy atom. The first-order valence-corrected chi connectivity index (χ1v) is 4.72. The van der Waals surface area contributed by atoms with E-state index in [4.69, 9.17) is 4.74 Å². The molecular formula is C9H19NO2. The molecule has 0 radical (unpaired) electrons. The Morgan fingerprint density at radius 2 is 2.17 bits per heavy atom. The van der Waals surface area contributed by atoms with Crippen LogP contribution in [0.5, 0.6) is 0 Å². The fourth-order valence-corrected chi connectivity index (χ4v) is 1.67. The fourth-order valence-electron chi connectivity index (χ4n) is 1.67. The Morgan fingerprint density at radius 1 is 1.42 bits per heavy atom. The molecule has 0 amide bonds. The second kappa shape index (κ2) is 4.80. The van der Waals surface area contributed by atoms with Crippen molar-refractivity contribution in [3.05, 3.63) is 0 Å². The van der Waals surface area contributed by atoms with Crippen molar-refractivity contribution in [2.45, 2.75) is 45.1 Å². The molecule has 1 heterocycles. The highest BCUT2D eigenvalue weighted by atomic mass is 16.5. The van der Waals surface area contributed by atoms with Gasteiger partial charge >= 0.3 is 0 Å². The number of aliphatic hydroxyl groups is 1. The summed E-state index contributed by atoms with van der Waals surface area (Å²) < 4.78 is 5.18. The van der Waals surface area contributed by atoms with Crippen LogP contribution in [0, 0.1) is 0 Å². The lowest BCUT2D eigenvalue weighted by molar-refractivity contribution is -0.108. The first-order valence-electron chi connectivity index (χ1n) is 4.72. The third-order valence-corrected chi connectivity index (χ3v) is 2.57. The maximum atomic E-state index is 9.70. The molecule has 1 aliphatic rings. The molecule has 2 atom stereocenters. The summed E-state index contributed by atoms with van der Waals surface area (Å²) in [7, 11) is 1.68. The van der Waals surface area contributed by atoms with Crippen molar-refractivity contribution in [2.24, 2.45) is 0 Å². The first kappa shape index (κ1) is 9.96. The molecule has 12 heavy (non-hydrogen) atoms. The molecule has 3 heteroatoms. The van der Waals surface area contributed by atoms with E-state index in [2.05, 4.69) is 0 Å². The van der Waals surface area contributed by atoms with Crippen LogP contribution in [0.15, 0.2) is 0 Å². The van der Waals surface area contributed by atoms with Crippen LogP contribution in [0.3, 0.4) is 0 Å². The average molecular weight is 173 g/mol. The summed E-state index contributed by atoms with van der Waals surface area (Å²) in [5.41, 5.74) is 0. The van der Waals surface area contributed by atoms with Gasteiger partial charge in [0.25, 0.3) is 0 Å². The smallest absolute Gasteiger partial charge is 0.109 e. The highest BCUT2D eigenvalue weighted by Gasteiger charge is 2.22. The van der Waals surface area contributed by atoms with Gasteiger partial charge < -0.3 is 9.84 Å². The monoisotopic (exact) mass is 173 g/mol. The number of methoxy groups -OCH3 is 1. The summed E-state index contributed by atoms with van der Waals surface area (Å²) in [5.74, 6) is 0. The predicted molar refractivity (Wildman–Crippen MR) is 47.7 cm³/mol. The van der Waals surface area contributed by atoms with E-state index >= 15 is 0 Å². The van der Waals surface area contributed by atoms with Gasteiger partial charge in [0.05, 0.1) is 0 Å². The lowest BCUT2D eigenvalue weighted by Gasteiger charge is -2.30. The van der Waals surface area contributed by atoms with Gasteiger partial charge in [0.1, 0.15) is 12.5 Å². The predicted octanol–water partition coefficient (Wildman–Crippen LogP) is 1.17. The van der Waals surface area contributed by atoms with Gasteiger partial charge in [0.15, 0.2) is 0 Å². The number of nitrogens with zero attached hydrogens (tertiary/aromatic N) is 1. The van der Waals surface area contributed by atoms with Crippen molar-refractivity contribution in [2.75, 3.05) is 13.7 Å². The van der Waals surface area contributed by atoms with Gasteiger partial charge in [-0.2, -0.15) is 0 Å². The minimum atomic E-state index is -0.303. The summed E-state index contributed by atoms with van der Waals surface area (Å²) in [6.45, 7) is 2.94. The summed E-state index contributed by atoms with van der Waals surface area (Å²) in [5, 5.41) is 9.70. The Hall–Kier alpha value is -0.120. The van der Waals surface area contributed by atoms with E-state index in [1.165, 1.54) is 12.8 Å². The molecule has 0 aliphatic carbocycles. The third-order valence-electron chi connectivity index (χ3n) is 2.57. The molecule has 1 saturated heterocycles. The van der Waals surface area contributed by atoms with Gasteiger partial charge in [0, 0.05) is 13.7 Å². The Labute approximate surface area is 74.3 Å². The molecule has 1 N–H and O–H groups in total. The van der Waals surface area contributed by atoms with Gasteiger partial charge in [-0.1, -0.05) is 6.42 Å². The molecule has 72 valence electrons. The van der Waals surface area contributed by atoms with Crippen LogP contribution < -0.4 is 0 Å². The second-order valence-electron chi connectivity index (χ2n) is 3.40. The molecule has 0 bridgehead atoms. The van der Waals surface area contributed by atoms with Crippen LogP contribution in [-0.4, -0.2) is 36.1 Å². The molecule has 0 aromatic rings. The molecule has 1 rings (SSSR count). The molecule has 0 aromatic carbocycles. The number of aliphatic hydroxyl groups excluding tert-OH is 1. The summed E-state index contributed by atoms with van der Waals surface area (Å²) >= 11 is 0. The number of likely N-dealkylation sites (tertiary alicyclic amines) is 1. The SMILES string of the molecule is COC(C)N1CCCCCC1O. The van der Waals surface area contributed by atoms with E-state index in [1.54, 1.807) is 7.11 Å². The van der Waals surface area contributed by atoms with Crippen LogP contribution >= 0.6 is 0 Å². The van der Waals surface area contributed by atoms with Crippen molar-refractivity contribution in [1.82, 2.24) is 4.90 Å². The van der Waals surface area contributed by atoms with Crippen LogP contribution in [0.2, 0.25) is 0 Å². The van der Waals surface area contributed by atoms with Crippen LogP contribution in [0.25, 0.3) is 0 Å². The van der Waals surface area contributed by atoms with E-state index < -0.39 is 0 Å². The molecule has 0 aromatic heterocycles. The minimum Gasteiger partial charge on any atom is -0.378 e. The standard InChI is InChI=1S/C9H19NO2/c1-8(12-2)10-7-5-3-4-6-9(10)11/h8-9,11H,3-7H2,1-2H3. The molecule has 1 fully saturated rings. The summed E-state index contributed by atoms with van der Waals surface area (Å²) in [6.07, 6.45) is 4.15. The van der Waals surface area contributed by atoms with Crippen LogP contribution in [-0.2, 0) is 4.74 Å². The van der Waals surface area contributed by atoms with Crippen molar-refractivity contribution < 1.29 is 9.84 Å². The van der Waals surface area contributed by atoms with Gasteiger partial charge in [-0.25, -0.2) is 0 Å². The zero-order valence-electron chi connectivity index (χ0n) is 7.99. The van der Waals surface area contributed by atoms with E-state index in [1.807, 2.05) is 11.8 Å². The van der Waals surface area contributed by atoms with Gasteiger partial charge in [-0.15, -0.1) is 0 Å². The lowest BCUT2D eigenvalue weighted by atomic mass is 10.2. The van der Waals surface area contributed by atoms with Crippen molar-refractivity contribution in [3.63, 3.8) is 0 Å². The summed E-state index contributed by atoms with van der Waals surface area (Å²) in [4.78, 5) is 2.02. The zero-order valence-corrected chi connectivity index (χ0v) is 7.99. The topological polar surface area (TPSA) is 32.7 Å². The van der Waals surface area contributed by atoms with E-state index in [0.29, 0.717) is 0 Å². The number of hydrogen-bond acceptors (Lipinski definition) is 3. The molecule has 3 nitrogen and oxygen atoms in total. The van der Waals surface area contributed by atoms with Crippen molar-refractivity contribution in [1.29, 1.82) is 0 Å². The number of ether oxygens (including phenoxy) is 1. The molecule has 0 spiro atoms. The Bertz CT molecular complexity index is 130. The molecular weight excluding hydrogens is 154 g/mol. The summed E-state index contributed by atoms with van der Waals surface area (Å²) in [6, 6.07) is 0. The van der Waals surface area contributed by atoms with Gasteiger partial charge in [-0.3, -0.25) is 4.90 Å². The molecule has 0 saturated carbocycles. The maximum Gasteiger partial charge on any atom is 0.109 e. The maximum absolute atomic E-state index is 9.70. The van der Waals surface area contributed by atoms with Crippen molar-refractivity contribution in [3.8, 4) is 0 Å². The van der Waals surface area contributed by atoms with Gasteiger partial charge in [-0.05, 0) is 26.2 Å². The van der Waals surface area contributed by atoms with Crippen LogP contribution in [0.1, 0.15) is 32.6 Å². The lowest BCUT2D eigenvalue weighted by Crippen LogP contribution is -2.42. The largest absolute Gasteiger partial charge is 0.378 e. The normalized spacial score (nSPS) is 29.8. The van der Waals surface area contributed by atoms with E-state index in [-0.39, 0.29) is 12.5 Å². The zero-order chi connectivity index (χ0) is 8.97. The van der Waals surface area contributed by atoms with Crippen LogP contribution in [0.4, 0.5) is 0 Å². The number of rotatable bonds is 2. The molecule has 2 unspecified atom stereocenters. The highest BCUT2D eigenvalue weighted by molar-refractivity contribution is 4.68. The van der Waals surface area contributed by atoms with E-state index in [0.717, 1.165) is 19.4 Å². The fraction of sp³-hybridized carbons (Fsp3) is 1.00. The third kappa shape index (κ3) is 2.44. The minimum absolute atomic E-state index is 0.0399. The quantitative estimate of drug-likeness (QED) is 0.680. The van der Waals surface area contributed by atoms with E-state index in [9.17, 15) is 5.11 Å². The second-order valence-corrected chi connectivity index (χ2v) is 3.40. The average Bonchev–Trinajstić information content (AvgIpc) is 2.28. The Kier molecular flexibility index (Phi) is 3.98. The Balaban J connectivity index is 2.46. The highest BCUT2D eigenvalue weighted by Crippen LogP contribution is 2.17.